The molecule has 0 bridgehead atoms. The molecule has 0 unspecified atom stereocenters. The molecule has 0 spiro atoms. The van der Waals surface area contributed by atoms with Crippen molar-refractivity contribution in [1.82, 2.24) is 57.0 Å². The number of imide groups is 1. The highest BCUT2D eigenvalue weighted by Crippen LogP contribution is 2.46. The van der Waals surface area contributed by atoms with E-state index in [1.807, 2.05) is 0 Å². The average molecular weight is 1260 g/mol. The lowest BCUT2D eigenvalue weighted by atomic mass is 9.81. The van der Waals surface area contributed by atoms with Crippen molar-refractivity contribution in [3.8, 4) is 11.4 Å². The van der Waals surface area contributed by atoms with Gasteiger partial charge in [-0.25, -0.2) is 19.0 Å². The number of fused-ring (bicyclic) bond motifs is 5. The molecule has 486 valence electrons. The summed E-state index contributed by atoms with van der Waals surface area (Å²) in [6.07, 6.45) is 5.10. The lowest BCUT2D eigenvalue weighted by Crippen LogP contribution is -2.53. The van der Waals surface area contributed by atoms with Gasteiger partial charge in [-0.15, -0.1) is 0 Å². The highest BCUT2D eigenvalue weighted by molar-refractivity contribution is 6.12. The van der Waals surface area contributed by atoms with E-state index >= 15 is 4.39 Å². The first kappa shape index (κ1) is 67.5. The first-order valence-electron chi connectivity index (χ1n) is 30.7. The summed E-state index contributed by atoms with van der Waals surface area (Å²) < 4.78 is 27.4. The molecule has 0 fully saturated rings. The number of carbonyl (C=O) groups excluding carboxylic acids is 11. The third kappa shape index (κ3) is 16.9. The Morgan fingerprint density at radius 2 is 1.42 bits per heavy atom. The number of nitrogens with one attached hydrogen (secondary N) is 8. The topological polar surface area (TPSA) is 361 Å². The van der Waals surface area contributed by atoms with Gasteiger partial charge in [-0.2, -0.15) is 0 Å². The number of ether oxygens (including phenoxy) is 2. The number of nitrogens with zero attached hydrogens (tertiary/aromatic N) is 3. The summed E-state index contributed by atoms with van der Waals surface area (Å²) in [7, 11) is 0. The largest absolute Gasteiger partial charge is 0.458 e. The molecule has 1 aliphatic carbocycles. The maximum Gasteiger partial charge on any atom is 0.407 e. The van der Waals surface area contributed by atoms with Crippen LogP contribution in [0.4, 0.5) is 9.18 Å². The fourth-order valence-corrected chi connectivity index (χ4v) is 11.5. The van der Waals surface area contributed by atoms with E-state index in [4.69, 9.17) is 14.5 Å². The predicted molar refractivity (Wildman–Crippen MR) is 326 cm³/mol. The van der Waals surface area contributed by atoms with E-state index in [1.165, 1.54) is 22.8 Å². The van der Waals surface area contributed by atoms with E-state index < -0.39 is 120 Å². The molecule has 3 aliphatic heterocycles. The van der Waals surface area contributed by atoms with Crippen molar-refractivity contribution in [2.45, 2.75) is 161 Å². The zero-order valence-electron chi connectivity index (χ0n) is 51.7. The summed E-state index contributed by atoms with van der Waals surface area (Å²) >= 11 is 0. The molecule has 4 aliphatic rings. The Morgan fingerprint density at radius 3 is 2.12 bits per heavy atom. The SMILES string of the molecule is CC[C@@]1(O)C(=O)OCc2c1cc1n(c2=O)Cc2c-1nc1cc(F)c(C)c3c1c2[C@@H](NC(=O)CCCNC(=O)CNC(=O)[C@H](Cc1ccccc1)NC(=O)CNC(=O)CNC(=O)[C@H](CCCCNC(=O)OC(C)(C)C)NC(=O)CCCCCN1C(=O)C=CC1=O)CC3. The highest BCUT2D eigenvalue weighted by atomic mass is 19.1. The first-order valence-corrected chi connectivity index (χ1v) is 30.7. The van der Waals surface area contributed by atoms with Crippen molar-refractivity contribution in [3.63, 3.8) is 0 Å². The van der Waals surface area contributed by atoms with Crippen molar-refractivity contribution >= 4 is 76.1 Å². The van der Waals surface area contributed by atoms with Crippen LogP contribution in [0.25, 0.3) is 22.3 Å². The molecule has 27 heteroatoms. The van der Waals surface area contributed by atoms with Crippen LogP contribution in [-0.4, -0.2) is 142 Å². The van der Waals surface area contributed by atoms with Gasteiger partial charge in [-0.1, -0.05) is 43.7 Å². The van der Waals surface area contributed by atoms with E-state index in [9.17, 15) is 62.6 Å². The fraction of sp³-hybridized carbons (Fsp3) is 0.484. The summed E-state index contributed by atoms with van der Waals surface area (Å²) in [5, 5.41) is 33.2. The molecule has 4 atom stereocenters. The Bertz CT molecular complexity index is 3600. The molecule has 9 N–H and O–H groups in total. The van der Waals surface area contributed by atoms with Crippen molar-refractivity contribution in [1.29, 1.82) is 0 Å². The average Bonchev–Trinajstić information content (AvgIpc) is 1.63. The molecular weight excluding hydrogens is 1180 g/mol. The molecule has 91 heavy (non-hydrogen) atoms. The Labute approximate surface area is 524 Å². The number of halogens is 1. The molecule has 2 aromatic heterocycles. The van der Waals surface area contributed by atoms with Gasteiger partial charge < -0.3 is 61.7 Å². The lowest BCUT2D eigenvalue weighted by Gasteiger charge is -2.31. The van der Waals surface area contributed by atoms with Crippen molar-refractivity contribution in [2.75, 3.05) is 39.3 Å². The van der Waals surface area contributed by atoms with Gasteiger partial charge in [0, 0.05) is 73.6 Å². The second kappa shape index (κ2) is 29.9. The predicted octanol–water partition coefficient (Wildman–Crippen LogP) is 2.27. The molecule has 26 nitrogen and oxygen atoms in total. The minimum atomic E-state index is -2.06. The standard InChI is InChI=1S/C64H78FN11O15/c1-6-64(89)41-29-47-57-39(34-76(47)60(86)40(41)35-90-61(64)87)56-43(22-21-38-36(2)42(65)30-45(74-57)55(38)56)71-49(78)20-15-26-66-50(79)31-70-59(85)46(28-37-16-9-7-10-17-37)73-52(81)33-68-51(80)32-69-58(84)44(18-12-13-25-67-62(88)91-63(3,4)5)72-48(77)19-11-8-14-27-75-53(82)23-24-54(75)83/h7,9-10,16-17,23-24,29-30,43-44,46,89H,6,8,11-15,18-22,25-28,31-35H2,1-5H3,(H,66,79)(H,67,88)(H,68,80)(H,69,84)(H,70,85)(H,71,78)(H,72,77)(H,73,81)/t43-,44-,46-,64-/m0/s1. The van der Waals surface area contributed by atoms with Crippen LogP contribution in [0.5, 0.6) is 0 Å². The number of aliphatic hydroxyl groups is 1. The smallest absolute Gasteiger partial charge is 0.407 e. The van der Waals surface area contributed by atoms with Crippen LogP contribution in [0.3, 0.4) is 0 Å². The summed E-state index contributed by atoms with van der Waals surface area (Å²) in [6.45, 7) is 7.01. The molecule has 10 amide bonds. The third-order valence-corrected chi connectivity index (χ3v) is 16.3. The van der Waals surface area contributed by atoms with Crippen molar-refractivity contribution in [2.24, 2.45) is 0 Å². The molecule has 8 rings (SSSR count). The first-order chi connectivity index (χ1) is 43.3. The van der Waals surface area contributed by atoms with E-state index in [0.717, 1.165) is 10.5 Å². The van der Waals surface area contributed by atoms with Gasteiger partial charge in [0.1, 0.15) is 30.1 Å². The molecular formula is C64H78FN11O15. The summed E-state index contributed by atoms with van der Waals surface area (Å²) in [5.74, 6) is -6.43. The maximum atomic E-state index is 15.5. The monoisotopic (exact) mass is 1260 g/mol. The van der Waals surface area contributed by atoms with Crippen molar-refractivity contribution in [3.05, 3.63) is 110 Å². The summed E-state index contributed by atoms with van der Waals surface area (Å²) in [6, 6.07) is 8.77. The maximum absolute atomic E-state index is 15.5. The number of hydrogen-bond donors (Lipinski definition) is 9. The van der Waals surface area contributed by atoms with Crippen LogP contribution < -0.4 is 48.1 Å². The van der Waals surface area contributed by atoms with Crippen LogP contribution >= 0.6 is 0 Å². The third-order valence-electron chi connectivity index (χ3n) is 16.3. The van der Waals surface area contributed by atoms with Gasteiger partial charge in [0.05, 0.1) is 54.7 Å². The van der Waals surface area contributed by atoms with E-state index in [-0.39, 0.29) is 88.3 Å². The summed E-state index contributed by atoms with van der Waals surface area (Å²) in [5.41, 5.74) is 1.27. The number of cyclic esters (lactones) is 1. The highest BCUT2D eigenvalue weighted by Gasteiger charge is 2.46. The molecule has 2 aromatic carbocycles. The lowest BCUT2D eigenvalue weighted by molar-refractivity contribution is -0.172. The van der Waals surface area contributed by atoms with Gasteiger partial charge in [-0.3, -0.25) is 52.8 Å². The van der Waals surface area contributed by atoms with Gasteiger partial charge in [0.25, 0.3) is 17.4 Å². The quantitative estimate of drug-likeness (QED) is 0.0188. The molecule has 5 heterocycles. The van der Waals surface area contributed by atoms with Gasteiger partial charge >= 0.3 is 12.1 Å². The number of benzene rings is 2. The van der Waals surface area contributed by atoms with Crippen LogP contribution in [0.2, 0.25) is 0 Å². The van der Waals surface area contributed by atoms with Crippen molar-refractivity contribution < 1.29 is 71.7 Å². The Hall–Kier alpha value is -9.40. The fourth-order valence-electron chi connectivity index (χ4n) is 11.5. The normalized spacial score (nSPS) is 16.8. The second-order valence-electron chi connectivity index (χ2n) is 24.0. The Kier molecular flexibility index (Phi) is 22.2. The molecule has 0 radical (unpaired) electrons. The van der Waals surface area contributed by atoms with E-state index in [1.54, 1.807) is 71.0 Å². The van der Waals surface area contributed by atoms with Crippen LogP contribution in [-0.2, 0) is 89.0 Å². The molecule has 0 saturated heterocycles. The van der Waals surface area contributed by atoms with Crippen LogP contribution in [0.15, 0.2) is 59.4 Å². The molecule has 0 saturated carbocycles. The Morgan fingerprint density at radius 1 is 0.758 bits per heavy atom. The molecule has 4 aromatic rings. The number of alkyl carbamates (subject to hydrolysis) is 1. The second-order valence-corrected chi connectivity index (χ2v) is 24.0. The van der Waals surface area contributed by atoms with E-state index in [0.29, 0.717) is 89.5 Å². The van der Waals surface area contributed by atoms with Gasteiger partial charge in [-0.05, 0) is 114 Å². The number of pyridine rings is 2. The number of aryl methyl sites for hydroxylation is 1. The van der Waals surface area contributed by atoms with Gasteiger partial charge in [0.2, 0.25) is 41.4 Å². The number of rotatable bonds is 29. The number of hydrogen-bond acceptors (Lipinski definition) is 16. The number of esters is 1. The van der Waals surface area contributed by atoms with Crippen LogP contribution in [0, 0.1) is 12.7 Å². The number of carbonyl (C=O) groups is 11. The van der Waals surface area contributed by atoms with E-state index in [2.05, 4.69) is 42.5 Å². The minimum absolute atomic E-state index is 0.00671. The number of aromatic nitrogens is 2. The van der Waals surface area contributed by atoms with Crippen LogP contribution in [0.1, 0.15) is 143 Å². The Balaban J connectivity index is 0.797. The van der Waals surface area contributed by atoms with Gasteiger partial charge in [0.15, 0.2) is 5.60 Å². The zero-order chi connectivity index (χ0) is 65.7. The zero-order valence-corrected chi connectivity index (χ0v) is 51.7. The minimum Gasteiger partial charge on any atom is -0.458 e. The summed E-state index contributed by atoms with van der Waals surface area (Å²) in [4.78, 5) is 162. The number of amides is 10. The number of unbranched alkanes of at least 4 members (excludes halogenated alkanes) is 3.